The maximum Gasteiger partial charge on any atom is 0.216 e. The molecule has 0 atom stereocenters. The van der Waals surface area contributed by atoms with Crippen LogP contribution in [0.25, 0.3) is 0 Å². The van der Waals surface area contributed by atoms with E-state index < -0.39 is 0 Å². The van der Waals surface area contributed by atoms with Gasteiger partial charge in [0.05, 0.1) is 0 Å². The Hall–Kier alpha value is -0.780. The van der Waals surface area contributed by atoms with Crippen LogP contribution < -0.4 is 5.32 Å². The van der Waals surface area contributed by atoms with Crippen molar-refractivity contribution in [3.8, 4) is 0 Å². The quantitative estimate of drug-likeness (QED) is 0.620. The van der Waals surface area contributed by atoms with Crippen molar-refractivity contribution in [3.05, 3.63) is 16.6 Å². The van der Waals surface area contributed by atoms with E-state index in [0.717, 1.165) is 25.4 Å². The van der Waals surface area contributed by atoms with Gasteiger partial charge in [0.2, 0.25) is 5.78 Å². The lowest BCUT2D eigenvalue weighted by molar-refractivity contribution is 0.0723. The van der Waals surface area contributed by atoms with Crippen LogP contribution >= 0.6 is 11.3 Å². The van der Waals surface area contributed by atoms with Gasteiger partial charge in [-0.2, -0.15) is 0 Å². The highest BCUT2D eigenvalue weighted by molar-refractivity contribution is 7.11. The summed E-state index contributed by atoms with van der Waals surface area (Å²) in [6, 6.07) is 0. The number of nitrogens with zero attached hydrogens (tertiary/aromatic N) is 1. The third kappa shape index (κ3) is 4.18. The molecule has 1 aliphatic heterocycles. The average molecular weight is 254 g/mol. The molecule has 0 radical (unpaired) electrons. The molecule has 2 heterocycles. The lowest BCUT2D eigenvalue weighted by Gasteiger charge is -2.22. The van der Waals surface area contributed by atoms with E-state index >= 15 is 0 Å². The van der Waals surface area contributed by atoms with E-state index in [9.17, 15) is 4.79 Å². The van der Waals surface area contributed by atoms with Crippen LogP contribution in [0, 0.1) is 5.92 Å². The first kappa shape index (κ1) is 12.7. The zero-order chi connectivity index (χ0) is 11.9. The Bertz CT molecular complexity index is 334. The summed E-state index contributed by atoms with van der Waals surface area (Å²) in [5.41, 5.74) is 0. The monoisotopic (exact) mass is 254 g/mol. The Labute approximate surface area is 105 Å². The first-order valence-corrected chi connectivity index (χ1v) is 6.95. The summed E-state index contributed by atoms with van der Waals surface area (Å²) < 4.78 is 5.42. The minimum Gasteiger partial charge on any atom is -0.373 e. The summed E-state index contributed by atoms with van der Waals surface area (Å²) in [6.07, 6.45) is 5.16. The van der Waals surface area contributed by atoms with Gasteiger partial charge >= 0.3 is 0 Å². The number of aromatic nitrogens is 1. The number of carbonyl (C=O) groups is 1. The van der Waals surface area contributed by atoms with E-state index in [4.69, 9.17) is 4.74 Å². The number of nitrogens with one attached hydrogen (secondary N) is 1. The number of ether oxygens (including phenoxy) is 1. The Morgan fingerprint density at radius 1 is 1.53 bits per heavy atom. The second-order valence-corrected chi connectivity index (χ2v) is 5.19. The van der Waals surface area contributed by atoms with Gasteiger partial charge in [0.15, 0.2) is 5.01 Å². The highest BCUT2D eigenvalue weighted by Crippen LogP contribution is 2.15. The Morgan fingerprint density at radius 2 is 2.35 bits per heavy atom. The van der Waals surface area contributed by atoms with Crippen molar-refractivity contribution in [2.45, 2.75) is 19.3 Å². The van der Waals surface area contributed by atoms with Gasteiger partial charge in [-0.05, 0) is 38.3 Å². The summed E-state index contributed by atoms with van der Waals surface area (Å²) in [7, 11) is 0. The van der Waals surface area contributed by atoms with Gasteiger partial charge in [-0.25, -0.2) is 4.98 Å². The maximum atomic E-state index is 11.6. The molecule has 0 unspecified atom stereocenters. The minimum atomic E-state index is -0.00897. The van der Waals surface area contributed by atoms with Gasteiger partial charge in [-0.1, -0.05) is 0 Å². The van der Waals surface area contributed by atoms with Crippen LogP contribution in [0.3, 0.4) is 0 Å². The number of rotatable bonds is 6. The van der Waals surface area contributed by atoms with E-state index in [1.807, 2.05) is 5.38 Å². The van der Waals surface area contributed by atoms with Crippen LogP contribution in [-0.4, -0.2) is 37.1 Å². The molecule has 1 aliphatic rings. The van der Waals surface area contributed by atoms with Gasteiger partial charge in [0.25, 0.3) is 0 Å². The second kappa shape index (κ2) is 6.83. The molecular weight excluding hydrogens is 236 g/mol. The van der Waals surface area contributed by atoms with Crippen LogP contribution in [0.5, 0.6) is 0 Å². The van der Waals surface area contributed by atoms with Crippen LogP contribution in [0.4, 0.5) is 0 Å². The molecule has 2 rings (SSSR count). The van der Waals surface area contributed by atoms with Crippen LogP contribution in [-0.2, 0) is 4.74 Å². The molecule has 4 nitrogen and oxygen atoms in total. The fourth-order valence-corrected chi connectivity index (χ4v) is 2.57. The predicted molar refractivity (Wildman–Crippen MR) is 67.5 cm³/mol. The molecule has 1 N–H and O–H groups in total. The van der Waals surface area contributed by atoms with E-state index in [2.05, 4.69) is 10.3 Å². The zero-order valence-electron chi connectivity index (χ0n) is 9.85. The number of thiazole rings is 1. The highest BCUT2D eigenvalue weighted by Gasteiger charge is 2.13. The van der Waals surface area contributed by atoms with Crippen molar-refractivity contribution in [1.82, 2.24) is 10.3 Å². The van der Waals surface area contributed by atoms with Crippen LogP contribution in [0.15, 0.2) is 11.6 Å². The SMILES string of the molecule is O=C(COCCC1CCNCC1)c1nccs1. The summed E-state index contributed by atoms with van der Waals surface area (Å²) in [4.78, 5) is 15.5. The van der Waals surface area contributed by atoms with Crippen molar-refractivity contribution >= 4 is 17.1 Å². The Balaban J connectivity index is 1.58. The number of Topliss-reactive ketones (excluding diaryl/α,β-unsaturated/α-hetero) is 1. The predicted octanol–water partition coefficient (Wildman–Crippen LogP) is 1.73. The normalized spacial score (nSPS) is 17.2. The average Bonchev–Trinajstić information content (AvgIpc) is 2.89. The van der Waals surface area contributed by atoms with Gasteiger partial charge in [-0.15, -0.1) is 11.3 Å². The van der Waals surface area contributed by atoms with E-state index in [-0.39, 0.29) is 12.4 Å². The molecule has 1 aromatic rings. The number of ketones is 1. The van der Waals surface area contributed by atoms with Gasteiger partial charge in [0, 0.05) is 18.2 Å². The first-order chi connectivity index (χ1) is 8.36. The molecule has 17 heavy (non-hydrogen) atoms. The third-order valence-electron chi connectivity index (χ3n) is 3.03. The first-order valence-electron chi connectivity index (χ1n) is 6.07. The number of hydrogen-bond acceptors (Lipinski definition) is 5. The topological polar surface area (TPSA) is 51.2 Å². The summed E-state index contributed by atoms with van der Waals surface area (Å²) in [5, 5.41) is 5.70. The molecule has 0 bridgehead atoms. The molecule has 1 aromatic heterocycles. The largest absolute Gasteiger partial charge is 0.373 e. The molecular formula is C12H18N2O2S. The molecule has 0 aromatic carbocycles. The van der Waals surface area contributed by atoms with Crippen molar-refractivity contribution in [3.63, 3.8) is 0 Å². The third-order valence-corrected chi connectivity index (χ3v) is 3.85. The van der Waals surface area contributed by atoms with Crippen LogP contribution in [0.1, 0.15) is 29.1 Å². The summed E-state index contributed by atoms with van der Waals surface area (Å²) >= 11 is 1.37. The fourth-order valence-electron chi connectivity index (χ4n) is 2.01. The molecule has 1 fully saturated rings. The van der Waals surface area contributed by atoms with E-state index in [1.54, 1.807) is 6.20 Å². The van der Waals surface area contributed by atoms with Crippen molar-refractivity contribution in [2.75, 3.05) is 26.3 Å². The number of carbonyl (C=O) groups excluding carboxylic acids is 1. The maximum absolute atomic E-state index is 11.6. The van der Waals surface area contributed by atoms with Gasteiger partial charge in [0.1, 0.15) is 6.61 Å². The highest BCUT2D eigenvalue weighted by atomic mass is 32.1. The summed E-state index contributed by atoms with van der Waals surface area (Å²) in [6.45, 7) is 3.08. The molecule has 0 aliphatic carbocycles. The van der Waals surface area contributed by atoms with Crippen molar-refractivity contribution in [1.29, 1.82) is 0 Å². The summed E-state index contributed by atoms with van der Waals surface area (Å²) in [5.74, 6) is 0.747. The molecule has 5 heteroatoms. The standard InChI is InChI=1S/C12H18N2O2S/c15-11(12-14-6-8-17-12)9-16-7-3-10-1-4-13-5-2-10/h6,8,10,13H,1-5,7,9H2. The smallest absolute Gasteiger partial charge is 0.216 e. The van der Waals surface area contributed by atoms with Crippen molar-refractivity contribution < 1.29 is 9.53 Å². The van der Waals surface area contributed by atoms with Gasteiger partial charge in [-0.3, -0.25) is 4.79 Å². The number of piperidine rings is 1. The Morgan fingerprint density at radius 3 is 3.06 bits per heavy atom. The lowest BCUT2D eigenvalue weighted by atomic mass is 9.95. The van der Waals surface area contributed by atoms with E-state index in [1.165, 1.54) is 24.2 Å². The van der Waals surface area contributed by atoms with Gasteiger partial charge < -0.3 is 10.1 Å². The van der Waals surface area contributed by atoms with Crippen molar-refractivity contribution in [2.24, 2.45) is 5.92 Å². The van der Waals surface area contributed by atoms with E-state index in [0.29, 0.717) is 11.6 Å². The minimum absolute atomic E-state index is 0.00897. The molecule has 1 saturated heterocycles. The molecule has 0 spiro atoms. The Kier molecular flexibility index (Phi) is 5.09. The van der Waals surface area contributed by atoms with Crippen LogP contribution in [0.2, 0.25) is 0 Å². The molecule has 94 valence electrons. The lowest BCUT2D eigenvalue weighted by Crippen LogP contribution is -2.28. The second-order valence-electron chi connectivity index (χ2n) is 4.30. The zero-order valence-corrected chi connectivity index (χ0v) is 10.7. The molecule has 0 saturated carbocycles. The number of hydrogen-bond donors (Lipinski definition) is 1. The fraction of sp³-hybridized carbons (Fsp3) is 0.667. The molecule has 0 amide bonds.